The molecule has 2 N–H and O–H groups in total. The van der Waals surface area contributed by atoms with Crippen LogP contribution in [0, 0.1) is 0 Å². The van der Waals surface area contributed by atoms with E-state index in [0.29, 0.717) is 12.4 Å². The van der Waals surface area contributed by atoms with Crippen LogP contribution in [0.1, 0.15) is 31.2 Å². The van der Waals surface area contributed by atoms with Crippen LogP contribution in [0.4, 0.5) is 0 Å². The molecule has 0 atom stereocenters. The van der Waals surface area contributed by atoms with Gasteiger partial charge in [0.05, 0.1) is 13.2 Å². The average Bonchev–Trinajstić information content (AvgIpc) is 2.94. The number of nitrogens with zero attached hydrogens (tertiary/aromatic N) is 3. The van der Waals surface area contributed by atoms with E-state index in [2.05, 4.69) is 45.0 Å². The van der Waals surface area contributed by atoms with Gasteiger partial charge in [-0.3, -0.25) is 0 Å². The Bertz CT molecular complexity index is 454. The molecule has 0 spiro atoms. The van der Waals surface area contributed by atoms with E-state index < -0.39 is 0 Å². The zero-order valence-corrected chi connectivity index (χ0v) is 11.1. The number of aromatic amines is 1. The van der Waals surface area contributed by atoms with E-state index in [4.69, 9.17) is 4.74 Å². The molecule has 0 bridgehead atoms. The third-order valence-corrected chi connectivity index (χ3v) is 2.69. The molecule has 6 heteroatoms. The van der Waals surface area contributed by atoms with Crippen LogP contribution in [-0.4, -0.2) is 27.2 Å². The molecule has 1 heterocycles. The summed E-state index contributed by atoms with van der Waals surface area (Å²) in [6.07, 6.45) is 2.24. The summed E-state index contributed by atoms with van der Waals surface area (Å²) in [6.45, 7) is 4.31. The monoisotopic (exact) mass is 261 g/mol. The summed E-state index contributed by atoms with van der Waals surface area (Å²) in [5, 5.41) is 16.9. The van der Waals surface area contributed by atoms with Crippen molar-refractivity contribution < 1.29 is 4.74 Å². The molecule has 0 radical (unpaired) electrons. The molecule has 19 heavy (non-hydrogen) atoms. The summed E-state index contributed by atoms with van der Waals surface area (Å²) < 4.78 is 5.61. The first-order valence-corrected chi connectivity index (χ1v) is 6.53. The van der Waals surface area contributed by atoms with Gasteiger partial charge in [0.1, 0.15) is 5.75 Å². The Kier molecular flexibility index (Phi) is 5.31. The molecule has 0 unspecified atom stereocenters. The summed E-state index contributed by atoms with van der Waals surface area (Å²) in [4.78, 5) is 0. The predicted molar refractivity (Wildman–Crippen MR) is 71.6 cm³/mol. The van der Waals surface area contributed by atoms with E-state index in [-0.39, 0.29) is 0 Å². The molecular weight excluding hydrogens is 242 g/mol. The van der Waals surface area contributed by atoms with Gasteiger partial charge >= 0.3 is 0 Å². The number of benzene rings is 1. The predicted octanol–water partition coefficient (Wildman–Crippen LogP) is 1.67. The van der Waals surface area contributed by atoms with Gasteiger partial charge in [0, 0.05) is 6.54 Å². The first-order chi connectivity index (χ1) is 9.38. The van der Waals surface area contributed by atoms with Crippen molar-refractivity contribution in [2.45, 2.75) is 32.9 Å². The fraction of sp³-hybridized carbons (Fsp3) is 0.462. The van der Waals surface area contributed by atoms with Gasteiger partial charge in [-0.25, -0.2) is 0 Å². The van der Waals surface area contributed by atoms with E-state index in [0.717, 1.165) is 31.7 Å². The van der Waals surface area contributed by atoms with Crippen molar-refractivity contribution >= 4 is 0 Å². The van der Waals surface area contributed by atoms with Gasteiger partial charge in [0.25, 0.3) is 0 Å². The number of H-pyrrole nitrogens is 1. The Morgan fingerprint density at radius 1 is 1.21 bits per heavy atom. The van der Waals surface area contributed by atoms with E-state index in [9.17, 15) is 0 Å². The number of hydrogen-bond donors (Lipinski definition) is 2. The van der Waals surface area contributed by atoms with Crippen molar-refractivity contribution in [2.24, 2.45) is 0 Å². The van der Waals surface area contributed by atoms with Crippen molar-refractivity contribution in [1.82, 2.24) is 25.9 Å². The second kappa shape index (κ2) is 7.48. The van der Waals surface area contributed by atoms with Gasteiger partial charge in [-0.2, -0.15) is 5.21 Å². The fourth-order valence-electron chi connectivity index (χ4n) is 1.61. The maximum absolute atomic E-state index is 5.61. The van der Waals surface area contributed by atoms with Crippen LogP contribution in [0.5, 0.6) is 5.75 Å². The summed E-state index contributed by atoms with van der Waals surface area (Å²) >= 11 is 0. The molecule has 0 amide bonds. The Morgan fingerprint density at radius 3 is 2.74 bits per heavy atom. The lowest BCUT2D eigenvalue weighted by atomic mass is 10.2. The zero-order chi connectivity index (χ0) is 13.3. The van der Waals surface area contributed by atoms with Crippen molar-refractivity contribution in [3.05, 3.63) is 35.7 Å². The second-order valence-electron chi connectivity index (χ2n) is 4.28. The molecular formula is C13H19N5O. The zero-order valence-electron chi connectivity index (χ0n) is 11.1. The summed E-state index contributed by atoms with van der Waals surface area (Å²) in [7, 11) is 0. The molecule has 6 nitrogen and oxygen atoms in total. The minimum atomic E-state index is 0.602. The molecule has 0 aliphatic heterocycles. The summed E-state index contributed by atoms with van der Waals surface area (Å²) in [5.41, 5.74) is 1.20. The number of tetrazole rings is 1. The van der Waals surface area contributed by atoms with E-state index in [1.165, 1.54) is 5.56 Å². The van der Waals surface area contributed by atoms with Gasteiger partial charge in [-0.1, -0.05) is 30.7 Å². The molecule has 2 aromatic rings. The highest BCUT2D eigenvalue weighted by atomic mass is 16.5. The smallest absolute Gasteiger partial charge is 0.188 e. The minimum absolute atomic E-state index is 0.602. The third kappa shape index (κ3) is 4.67. The molecule has 102 valence electrons. The second-order valence-corrected chi connectivity index (χ2v) is 4.28. The van der Waals surface area contributed by atoms with E-state index in [1.807, 2.05) is 12.1 Å². The summed E-state index contributed by atoms with van der Waals surface area (Å²) in [5.74, 6) is 1.59. The number of unbranched alkanes of at least 4 members (excludes halogenated alkanes) is 1. The molecule has 1 aromatic carbocycles. The van der Waals surface area contributed by atoms with E-state index in [1.54, 1.807) is 0 Å². The normalized spacial score (nSPS) is 10.6. The highest BCUT2D eigenvalue weighted by Gasteiger charge is 1.98. The van der Waals surface area contributed by atoms with E-state index >= 15 is 0 Å². The van der Waals surface area contributed by atoms with Gasteiger partial charge in [0.15, 0.2) is 5.82 Å². The third-order valence-electron chi connectivity index (χ3n) is 2.69. The number of aromatic nitrogens is 4. The molecule has 2 rings (SSSR count). The van der Waals surface area contributed by atoms with Gasteiger partial charge in [0.2, 0.25) is 0 Å². The highest BCUT2D eigenvalue weighted by Crippen LogP contribution is 2.12. The molecule has 0 aliphatic rings. The lowest BCUT2D eigenvalue weighted by Crippen LogP contribution is -2.13. The fourth-order valence-corrected chi connectivity index (χ4v) is 1.61. The lowest BCUT2D eigenvalue weighted by molar-refractivity contribution is 0.309. The van der Waals surface area contributed by atoms with Crippen LogP contribution < -0.4 is 10.1 Å². The van der Waals surface area contributed by atoms with Crippen LogP contribution in [0.2, 0.25) is 0 Å². The van der Waals surface area contributed by atoms with Crippen molar-refractivity contribution in [2.75, 3.05) is 6.61 Å². The van der Waals surface area contributed by atoms with Crippen LogP contribution in [0.25, 0.3) is 0 Å². The first kappa shape index (κ1) is 13.5. The maximum atomic E-state index is 5.61. The summed E-state index contributed by atoms with van der Waals surface area (Å²) in [6, 6.07) is 8.12. The SMILES string of the molecule is CCCCOc1ccc(CNCc2nn[nH]n2)cc1. The highest BCUT2D eigenvalue weighted by molar-refractivity contribution is 5.27. The van der Waals surface area contributed by atoms with Crippen molar-refractivity contribution in [1.29, 1.82) is 0 Å². The first-order valence-electron chi connectivity index (χ1n) is 6.53. The average molecular weight is 261 g/mol. The standard InChI is InChI=1S/C13H19N5O/c1-2-3-8-19-12-6-4-11(5-7-12)9-14-10-13-15-17-18-16-13/h4-7,14H,2-3,8-10H2,1H3,(H,15,16,17,18). The van der Waals surface area contributed by atoms with Gasteiger partial charge < -0.3 is 10.1 Å². The van der Waals surface area contributed by atoms with Crippen LogP contribution in [0.15, 0.2) is 24.3 Å². The molecule has 0 saturated heterocycles. The van der Waals surface area contributed by atoms with Crippen LogP contribution in [-0.2, 0) is 13.1 Å². The Balaban J connectivity index is 1.72. The Morgan fingerprint density at radius 2 is 2.05 bits per heavy atom. The van der Waals surface area contributed by atoms with Crippen molar-refractivity contribution in [3.63, 3.8) is 0 Å². The van der Waals surface area contributed by atoms with Crippen molar-refractivity contribution in [3.8, 4) is 5.75 Å². The number of rotatable bonds is 8. The van der Waals surface area contributed by atoms with Gasteiger partial charge in [-0.05, 0) is 24.1 Å². The quantitative estimate of drug-likeness (QED) is 0.707. The largest absolute Gasteiger partial charge is 0.494 e. The topological polar surface area (TPSA) is 75.7 Å². The maximum Gasteiger partial charge on any atom is 0.188 e. The number of nitrogens with one attached hydrogen (secondary N) is 2. The number of ether oxygens (including phenoxy) is 1. The Labute approximate surface area is 112 Å². The number of hydrogen-bond acceptors (Lipinski definition) is 5. The molecule has 0 fully saturated rings. The Hall–Kier alpha value is -1.95. The van der Waals surface area contributed by atoms with Gasteiger partial charge in [-0.15, -0.1) is 10.2 Å². The van der Waals surface area contributed by atoms with Crippen LogP contribution >= 0.6 is 0 Å². The molecule has 0 saturated carbocycles. The minimum Gasteiger partial charge on any atom is -0.494 e. The molecule has 0 aliphatic carbocycles. The lowest BCUT2D eigenvalue weighted by Gasteiger charge is -2.07. The van der Waals surface area contributed by atoms with Crippen LogP contribution in [0.3, 0.4) is 0 Å². The molecule has 1 aromatic heterocycles.